The fourth-order valence-electron chi connectivity index (χ4n) is 0.875. The highest BCUT2D eigenvalue weighted by molar-refractivity contribution is 5.84. The van der Waals surface area contributed by atoms with E-state index >= 15 is 0 Å². The summed E-state index contributed by atoms with van der Waals surface area (Å²) in [4.78, 5) is 9.76. The van der Waals surface area contributed by atoms with Gasteiger partial charge in [0, 0.05) is 6.07 Å². The maximum absolute atomic E-state index is 12.6. The lowest BCUT2D eigenvalue weighted by atomic mass is 10.2. The van der Waals surface area contributed by atoms with Crippen LogP contribution < -0.4 is 5.84 Å². The van der Waals surface area contributed by atoms with Crippen LogP contribution in [0.4, 0.5) is 10.1 Å². The quantitative estimate of drug-likeness (QED) is 0.321. The minimum Gasteiger partial charge on any atom is -0.323 e. The maximum atomic E-state index is 12.6. The molecule has 1 aromatic rings. The van der Waals surface area contributed by atoms with E-state index in [1.807, 2.05) is 0 Å². The number of hydrogen-bond donors (Lipinski definition) is 1. The Morgan fingerprint density at radius 1 is 1.62 bits per heavy atom. The first-order valence-electron chi connectivity index (χ1n) is 3.32. The molecule has 0 aliphatic carbocycles. The number of halogens is 1. The van der Waals surface area contributed by atoms with E-state index in [1.54, 1.807) is 0 Å². The first-order chi connectivity index (χ1) is 6.15. The van der Waals surface area contributed by atoms with E-state index in [0.29, 0.717) is 0 Å². The van der Waals surface area contributed by atoms with Gasteiger partial charge in [-0.1, -0.05) is 0 Å². The molecule has 0 atom stereocenters. The molecule has 2 N–H and O–H groups in total. The van der Waals surface area contributed by atoms with Crippen molar-refractivity contribution in [2.75, 3.05) is 0 Å². The zero-order valence-corrected chi connectivity index (χ0v) is 6.48. The molecule has 0 aliphatic heterocycles. The summed E-state index contributed by atoms with van der Waals surface area (Å²) < 4.78 is 12.6. The highest BCUT2D eigenvalue weighted by Crippen LogP contribution is 2.17. The molecule has 13 heavy (non-hydrogen) atoms. The van der Waals surface area contributed by atoms with E-state index in [9.17, 15) is 14.5 Å². The van der Waals surface area contributed by atoms with E-state index in [-0.39, 0.29) is 11.3 Å². The summed E-state index contributed by atoms with van der Waals surface area (Å²) in [5.74, 6) is 4.24. The topological polar surface area (TPSA) is 81.5 Å². The van der Waals surface area contributed by atoms with Crippen LogP contribution >= 0.6 is 0 Å². The average molecular weight is 183 g/mol. The molecule has 0 bridgehead atoms. The number of nitro benzene ring substituents is 1. The minimum atomic E-state index is -0.629. The molecule has 68 valence electrons. The normalized spacial score (nSPS) is 10.5. The van der Waals surface area contributed by atoms with E-state index in [0.717, 1.165) is 24.4 Å². The van der Waals surface area contributed by atoms with Crippen molar-refractivity contribution in [2.45, 2.75) is 0 Å². The second kappa shape index (κ2) is 3.61. The number of rotatable bonds is 2. The largest absolute Gasteiger partial charge is 0.323 e. The zero-order valence-electron chi connectivity index (χ0n) is 6.48. The van der Waals surface area contributed by atoms with Gasteiger partial charge in [-0.2, -0.15) is 5.10 Å². The maximum Gasteiger partial charge on any atom is 0.278 e. The van der Waals surface area contributed by atoms with Gasteiger partial charge in [0.15, 0.2) is 0 Å². The lowest BCUT2D eigenvalue weighted by Crippen LogP contribution is -1.96. The second-order valence-electron chi connectivity index (χ2n) is 2.24. The monoisotopic (exact) mass is 183 g/mol. The molecule has 5 nitrogen and oxygen atoms in total. The third-order valence-electron chi connectivity index (χ3n) is 1.40. The Balaban J connectivity index is 3.26. The molecule has 1 rings (SSSR count). The van der Waals surface area contributed by atoms with Gasteiger partial charge < -0.3 is 5.84 Å². The Morgan fingerprint density at radius 3 is 2.85 bits per heavy atom. The molecule has 6 heteroatoms. The highest BCUT2D eigenvalue weighted by Gasteiger charge is 2.11. The molecule has 0 saturated heterocycles. The lowest BCUT2D eigenvalue weighted by Gasteiger charge is -1.95. The van der Waals surface area contributed by atoms with Gasteiger partial charge in [-0.25, -0.2) is 4.39 Å². The number of hydrogen-bond acceptors (Lipinski definition) is 4. The molecular weight excluding hydrogens is 177 g/mol. The number of nitrogens with zero attached hydrogens (tertiary/aromatic N) is 2. The summed E-state index contributed by atoms with van der Waals surface area (Å²) in [7, 11) is 0. The van der Waals surface area contributed by atoms with Gasteiger partial charge in [-0.05, 0) is 12.1 Å². The van der Waals surface area contributed by atoms with Crippen molar-refractivity contribution in [1.82, 2.24) is 0 Å². The van der Waals surface area contributed by atoms with Crippen LogP contribution in [0.5, 0.6) is 0 Å². The van der Waals surface area contributed by atoms with Gasteiger partial charge >= 0.3 is 0 Å². The van der Waals surface area contributed by atoms with Gasteiger partial charge in [0.1, 0.15) is 5.82 Å². The summed E-state index contributed by atoms with van der Waals surface area (Å²) in [6.45, 7) is 0. The Labute approximate surface area is 72.8 Å². The van der Waals surface area contributed by atoms with Gasteiger partial charge in [0.25, 0.3) is 5.69 Å². The summed E-state index contributed by atoms with van der Waals surface area (Å²) in [5, 5.41) is 13.5. The van der Waals surface area contributed by atoms with Crippen LogP contribution in [0.25, 0.3) is 0 Å². The van der Waals surface area contributed by atoms with Crippen molar-refractivity contribution < 1.29 is 9.31 Å². The van der Waals surface area contributed by atoms with E-state index in [1.165, 1.54) is 0 Å². The predicted octanol–water partition coefficient (Wildman–Crippen LogP) is 1.03. The van der Waals surface area contributed by atoms with Crippen LogP contribution in [0.2, 0.25) is 0 Å². The number of hydrazone groups is 1. The first-order valence-corrected chi connectivity index (χ1v) is 3.32. The van der Waals surface area contributed by atoms with Gasteiger partial charge in [-0.3, -0.25) is 10.1 Å². The summed E-state index contributed by atoms with van der Waals surface area (Å²) in [6, 6.07) is 3.06. The Hall–Kier alpha value is -1.98. The van der Waals surface area contributed by atoms with Crippen LogP contribution in [0, 0.1) is 15.9 Å². The lowest BCUT2D eigenvalue weighted by molar-refractivity contribution is -0.385. The molecule has 0 aliphatic rings. The van der Waals surface area contributed by atoms with Crippen LogP contribution in [0.1, 0.15) is 5.56 Å². The van der Waals surface area contributed by atoms with Crippen molar-refractivity contribution >= 4 is 11.9 Å². The smallest absolute Gasteiger partial charge is 0.278 e. The van der Waals surface area contributed by atoms with E-state index in [2.05, 4.69) is 5.10 Å². The van der Waals surface area contributed by atoms with Gasteiger partial charge in [0.2, 0.25) is 0 Å². The Morgan fingerprint density at radius 2 is 2.31 bits per heavy atom. The van der Waals surface area contributed by atoms with Crippen molar-refractivity contribution in [3.8, 4) is 0 Å². The fourth-order valence-corrected chi connectivity index (χ4v) is 0.875. The highest BCUT2D eigenvalue weighted by atomic mass is 19.1. The van der Waals surface area contributed by atoms with Crippen LogP contribution in [0.15, 0.2) is 23.3 Å². The predicted molar refractivity (Wildman–Crippen MR) is 44.8 cm³/mol. The van der Waals surface area contributed by atoms with Gasteiger partial charge in [0.05, 0.1) is 16.7 Å². The van der Waals surface area contributed by atoms with Crippen molar-refractivity contribution in [3.63, 3.8) is 0 Å². The molecule has 0 heterocycles. The summed E-state index contributed by atoms with van der Waals surface area (Å²) >= 11 is 0. The van der Waals surface area contributed by atoms with Crippen molar-refractivity contribution in [3.05, 3.63) is 39.7 Å². The molecule has 0 unspecified atom stereocenters. The molecule has 0 aromatic heterocycles. The number of nitro groups is 1. The molecule has 0 spiro atoms. The third kappa shape index (κ3) is 1.98. The first kappa shape index (κ1) is 9.11. The molecule has 1 aromatic carbocycles. The molecule has 0 radical (unpaired) electrons. The third-order valence-corrected chi connectivity index (χ3v) is 1.40. The van der Waals surface area contributed by atoms with E-state index < -0.39 is 10.7 Å². The van der Waals surface area contributed by atoms with Crippen LogP contribution in [-0.4, -0.2) is 11.1 Å². The fraction of sp³-hybridized carbons (Fsp3) is 0. The number of nitrogens with two attached hydrogens (primary N) is 1. The summed E-state index contributed by atoms with van der Waals surface area (Å²) in [6.07, 6.45) is 1.03. The Bertz CT molecular complexity index is 365. The molecular formula is C7H6FN3O2. The Kier molecular flexibility index (Phi) is 2.53. The zero-order chi connectivity index (χ0) is 9.84. The SMILES string of the molecule is NN=Cc1cc(F)ccc1[N+](=O)[O-]. The van der Waals surface area contributed by atoms with Crippen molar-refractivity contribution in [2.24, 2.45) is 10.9 Å². The molecule has 0 amide bonds. The second-order valence-corrected chi connectivity index (χ2v) is 2.24. The molecule has 0 fully saturated rings. The number of benzene rings is 1. The standard InChI is InChI=1S/C7H6FN3O2/c8-6-1-2-7(11(12)13)5(3-6)4-10-9/h1-4H,9H2. The molecule has 0 saturated carbocycles. The average Bonchev–Trinajstić information content (AvgIpc) is 2.04. The van der Waals surface area contributed by atoms with Gasteiger partial charge in [-0.15, -0.1) is 0 Å². The van der Waals surface area contributed by atoms with Crippen LogP contribution in [0.3, 0.4) is 0 Å². The minimum absolute atomic E-state index is 0.0486. The van der Waals surface area contributed by atoms with Crippen molar-refractivity contribution in [1.29, 1.82) is 0 Å². The van der Waals surface area contributed by atoms with Crippen LogP contribution in [-0.2, 0) is 0 Å². The summed E-state index contributed by atoms with van der Waals surface area (Å²) in [5.41, 5.74) is -0.178. The van der Waals surface area contributed by atoms with E-state index in [4.69, 9.17) is 5.84 Å².